The first-order valence-corrected chi connectivity index (χ1v) is 11.6. The van der Waals surface area contributed by atoms with Crippen LogP contribution in [-0.4, -0.2) is 35.1 Å². The number of sulfonamides is 1. The first kappa shape index (κ1) is 22.6. The van der Waals surface area contributed by atoms with E-state index < -0.39 is 34.3 Å². The quantitative estimate of drug-likeness (QED) is 0.591. The standard InChI is InChI=1S/C24H23FN2O5S/c1-15(16-8-11-21(31-2)22(12-16)32-3)26-24(28)14-27-20-10-9-17(25)13-19(20)18-6-4-5-7-23(18)33(27,29)30/h4-13,15H,14H2,1-3H3,(H,26,28)/t15-/m1/s1. The summed E-state index contributed by atoms with van der Waals surface area (Å²) in [6.07, 6.45) is 0. The monoisotopic (exact) mass is 470 g/mol. The van der Waals surface area contributed by atoms with Crippen LogP contribution in [0.4, 0.5) is 10.1 Å². The van der Waals surface area contributed by atoms with Crippen molar-refractivity contribution in [2.75, 3.05) is 25.1 Å². The zero-order valence-corrected chi connectivity index (χ0v) is 19.1. The molecular weight excluding hydrogens is 447 g/mol. The van der Waals surface area contributed by atoms with Crippen LogP contribution >= 0.6 is 0 Å². The lowest BCUT2D eigenvalue weighted by atomic mass is 10.0. The highest BCUT2D eigenvalue weighted by atomic mass is 32.2. The lowest BCUT2D eigenvalue weighted by Gasteiger charge is -2.32. The SMILES string of the molecule is COc1ccc([C@@H](C)NC(=O)CN2c3ccc(F)cc3-c3ccccc3S2(=O)=O)cc1OC. The number of carbonyl (C=O) groups excluding carboxylic acids is 1. The van der Waals surface area contributed by atoms with Gasteiger partial charge in [0.1, 0.15) is 12.4 Å². The summed E-state index contributed by atoms with van der Waals surface area (Å²) in [6, 6.07) is 15.0. The molecule has 1 aliphatic heterocycles. The first-order chi connectivity index (χ1) is 15.8. The molecule has 9 heteroatoms. The van der Waals surface area contributed by atoms with E-state index in [-0.39, 0.29) is 10.6 Å². The Labute approximate surface area is 191 Å². The largest absolute Gasteiger partial charge is 0.493 e. The summed E-state index contributed by atoms with van der Waals surface area (Å²) >= 11 is 0. The van der Waals surface area contributed by atoms with E-state index in [1.54, 1.807) is 43.3 Å². The summed E-state index contributed by atoms with van der Waals surface area (Å²) in [5.74, 6) is 0.0776. The van der Waals surface area contributed by atoms with Crippen LogP contribution in [0.15, 0.2) is 65.6 Å². The number of benzene rings is 3. The molecule has 1 N–H and O–H groups in total. The molecule has 0 fully saturated rings. The van der Waals surface area contributed by atoms with Crippen LogP contribution in [0.2, 0.25) is 0 Å². The van der Waals surface area contributed by atoms with Gasteiger partial charge in [-0.1, -0.05) is 24.3 Å². The molecule has 0 bridgehead atoms. The van der Waals surface area contributed by atoms with Gasteiger partial charge in [-0.25, -0.2) is 12.8 Å². The molecule has 1 aliphatic rings. The highest BCUT2D eigenvalue weighted by Crippen LogP contribution is 2.43. The highest BCUT2D eigenvalue weighted by molar-refractivity contribution is 7.93. The number of nitrogens with one attached hydrogen (secondary N) is 1. The molecule has 7 nitrogen and oxygen atoms in total. The van der Waals surface area contributed by atoms with Gasteiger partial charge in [0.25, 0.3) is 10.0 Å². The van der Waals surface area contributed by atoms with Crippen molar-refractivity contribution in [2.24, 2.45) is 0 Å². The van der Waals surface area contributed by atoms with Crippen LogP contribution in [0.5, 0.6) is 11.5 Å². The van der Waals surface area contributed by atoms with Crippen LogP contribution in [0.3, 0.4) is 0 Å². The summed E-state index contributed by atoms with van der Waals surface area (Å²) in [5.41, 5.74) is 1.84. The molecule has 0 saturated carbocycles. The summed E-state index contributed by atoms with van der Waals surface area (Å²) < 4.78 is 52.2. The van der Waals surface area contributed by atoms with Crippen molar-refractivity contribution in [1.82, 2.24) is 5.32 Å². The van der Waals surface area contributed by atoms with Gasteiger partial charge in [-0.05, 0) is 48.9 Å². The van der Waals surface area contributed by atoms with E-state index in [0.717, 1.165) is 9.87 Å². The van der Waals surface area contributed by atoms with E-state index in [4.69, 9.17) is 9.47 Å². The third kappa shape index (κ3) is 4.11. The van der Waals surface area contributed by atoms with Gasteiger partial charge in [0, 0.05) is 11.1 Å². The number of halogens is 1. The summed E-state index contributed by atoms with van der Waals surface area (Å²) in [6.45, 7) is 1.33. The van der Waals surface area contributed by atoms with E-state index in [2.05, 4.69) is 5.32 Å². The number of rotatable bonds is 6. The number of nitrogens with zero attached hydrogens (tertiary/aromatic N) is 1. The van der Waals surface area contributed by atoms with E-state index in [1.165, 1.54) is 38.5 Å². The Bertz CT molecular complexity index is 1330. The molecule has 0 radical (unpaired) electrons. The van der Waals surface area contributed by atoms with Gasteiger partial charge >= 0.3 is 0 Å². The topological polar surface area (TPSA) is 84.9 Å². The highest BCUT2D eigenvalue weighted by Gasteiger charge is 2.36. The number of anilines is 1. The third-order valence-electron chi connectivity index (χ3n) is 5.54. The number of fused-ring (bicyclic) bond motifs is 3. The minimum atomic E-state index is -4.01. The Hall–Kier alpha value is -3.59. The molecule has 33 heavy (non-hydrogen) atoms. The van der Waals surface area contributed by atoms with Crippen LogP contribution in [0.1, 0.15) is 18.5 Å². The van der Waals surface area contributed by atoms with Crippen LogP contribution in [0, 0.1) is 5.82 Å². The molecule has 3 aromatic carbocycles. The maximum Gasteiger partial charge on any atom is 0.265 e. The lowest BCUT2D eigenvalue weighted by molar-refractivity contribution is -0.120. The molecule has 172 valence electrons. The fourth-order valence-electron chi connectivity index (χ4n) is 3.90. The number of amides is 1. The third-order valence-corrected chi connectivity index (χ3v) is 7.36. The van der Waals surface area contributed by atoms with Gasteiger partial charge in [-0.3, -0.25) is 9.10 Å². The van der Waals surface area contributed by atoms with Gasteiger partial charge < -0.3 is 14.8 Å². The number of hydrogen-bond donors (Lipinski definition) is 1. The van der Waals surface area contributed by atoms with E-state index in [9.17, 15) is 17.6 Å². The average molecular weight is 471 g/mol. The number of carbonyl (C=O) groups is 1. The van der Waals surface area contributed by atoms with Crippen molar-refractivity contribution in [3.8, 4) is 22.6 Å². The molecule has 0 saturated heterocycles. The first-order valence-electron chi connectivity index (χ1n) is 10.2. The predicted molar refractivity (Wildman–Crippen MR) is 122 cm³/mol. The molecule has 1 heterocycles. The average Bonchev–Trinajstić information content (AvgIpc) is 2.81. The maximum atomic E-state index is 14.0. The molecule has 0 unspecified atom stereocenters. The smallest absolute Gasteiger partial charge is 0.265 e. The zero-order valence-electron chi connectivity index (χ0n) is 18.3. The van der Waals surface area contributed by atoms with E-state index >= 15 is 0 Å². The van der Waals surface area contributed by atoms with Crippen LogP contribution < -0.4 is 19.1 Å². The van der Waals surface area contributed by atoms with Crippen LogP contribution in [0.25, 0.3) is 11.1 Å². The molecule has 0 aliphatic carbocycles. The maximum absolute atomic E-state index is 14.0. The molecule has 1 amide bonds. The second kappa shape index (κ2) is 8.74. The Morgan fingerprint density at radius 1 is 1.00 bits per heavy atom. The zero-order chi connectivity index (χ0) is 23.8. The predicted octanol–water partition coefficient (Wildman–Crippen LogP) is 3.90. The minimum Gasteiger partial charge on any atom is -0.493 e. The van der Waals surface area contributed by atoms with Crippen molar-refractivity contribution in [3.05, 3.63) is 72.0 Å². The fourth-order valence-corrected chi connectivity index (χ4v) is 5.55. The van der Waals surface area contributed by atoms with Gasteiger partial charge in [0.15, 0.2) is 11.5 Å². The fraction of sp³-hybridized carbons (Fsp3) is 0.208. The number of hydrogen-bond acceptors (Lipinski definition) is 5. The minimum absolute atomic E-state index is 0.0313. The Balaban J connectivity index is 1.62. The normalized spacial score (nSPS) is 14.6. The van der Waals surface area contributed by atoms with Gasteiger partial charge in [0.2, 0.25) is 5.91 Å². The summed E-state index contributed by atoms with van der Waals surface area (Å²) in [5, 5.41) is 2.82. The van der Waals surface area contributed by atoms with E-state index in [1.807, 2.05) is 0 Å². The summed E-state index contributed by atoms with van der Waals surface area (Å²) in [4.78, 5) is 12.9. The number of methoxy groups -OCH3 is 2. The van der Waals surface area contributed by atoms with Crippen molar-refractivity contribution in [1.29, 1.82) is 0 Å². The molecule has 3 aromatic rings. The second-order valence-corrected chi connectivity index (χ2v) is 9.40. The lowest BCUT2D eigenvalue weighted by Crippen LogP contribution is -2.43. The summed E-state index contributed by atoms with van der Waals surface area (Å²) in [7, 11) is -0.961. The second-order valence-electron chi connectivity index (χ2n) is 7.57. The van der Waals surface area contributed by atoms with Gasteiger partial charge in [0.05, 0.1) is 30.8 Å². The molecule has 4 rings (SSSR count). The Morgan fingerprint density at radius 3 is 2.45 bits per heavy atom. The molecule has 0 spiro atoms. The van der Waals surface area contributed by atoms with Crippen LogP contribution in [-0.2, 0) is 14.8 Å². The van der Waals surface area contributed by atoms with Crippen molar-refractivity contribution < 1.29 is 27.1 Å². The molecule has 1 atom stereocenters. The Morgan fingerprint density at radius 2 is 1.73 bits per heavy atom. The van der Waals surface area contributed by atoms with Gasteiger partial charge in [-0.15, -0.1) is 0 Å². The van der Waals surface area contributed by atoms with Crippen molar-refractivity contribution >= 4 is 21.6 Å². The molecule has 0 aromatic heterocycles. The van der Waals surface area contributed by atoms with Crippen molar-refractivity contribution in [2.45, 2.75) is 17.9 Å². The van der Waals surface area contributed by atoms with E-state index in [0.29, 0.717) is 22.6 Å². The molecular formula is C24H23FN2O5S. The Kier molecular flexibility index (Phi) is 5.99. The van der Waals surface area contributed by atoms with Crippen molar-refractivity contribution in [3.63, 3.8) is 0 Å². The number of ether oxygens (including phenoxy) is 2. The van der Waals surface area contributed by atoms with Gasteiger partial charge in [-0.2, -0.15) is 0 Å².